The third kappa shape index (κ3) is 3.71. The standard InChI is InChI=1S/C22H20F3N5O3/c23-22(24,25)17-9-13(3-6-26-17)19-15-10-14(1-2-16(15)27-28-19)30-8-5-21(20(30)33)4-7-29(12-21)11-18(31)32/h1-3,6,9-10H,4-5,7-8,11-12H2,(H,27,28)(H,31,32). The summed E-state index contributed by atoms with van der Waals surface area (Å²) in [7, 11) is 0. The Morgan fingerprint density at radius 3 is 2.73 bits per heavy atom. The van der Waals surface area contributed by atoms with Crippen LogP contribution in [0.4, 0.5) is 18.9 Å². The van der Waals surface area contributed by atoms with Gasteiger partial charge in [-0.25, -0.2) is 0 Å². The van der Waals surface area contributed by atoms with Gasteiger partial charge in [0.15, 0.2) is 0 Å². The average Bonchev–Trinajstić information content (AvgIpc) is 3.45. The minimum atomic E-state index is -4.57. The molecule has 2 saturated heterocycles. The van der Waals surface area contributed by atoms with E-state index in [9.17, 15) is 22.8 Å². The highest BCUT2D eigenvalue weighted by Gasteiger charge is 2.51. The molecule has 5 rings (SSSR count). The van der Waals surface area contributed by atoms with Crippen molar-refractivity contribution < 1.29 is 27.9 Å². The van der Waals surface area contributed by atoms with Crippen molar-refractivity contribution in [3.05, 3.63) is 42.2 Å². The molecule has 1 spiro atoms. The molecule has 1 atom stereocenters. The second kappa shape index (κ2) is 7.55. The van der Waals surface area contributed by atoms with Crippen molar-refractivity contribution in [3.63, 3.8) is 0 Å². The van der Waals surface area contributed by atoms with Gasteiger partial charge in [0, 0.05) is 35.9 Å². The van der Waals surface area contributed by atoms with Gasteiger partial charge in [-0.15, -0.1) is 0 Å². The summed E-state index contributed by atoms with van der Waals surface area (Å²) in [5.41, 5.74) is 0.273. The smallest absolute Gasteiger partial charge is 0.433 e. The van der Waals surface area contributed by atoms with Gasteiger partial charge in [0.2, 0.25) is 5.91 Å². The zero-order valence-electron chi connectivity index (χ0n) is 17.4. The number of aromatic amines is 1. The first-order valence-electron chi connectivity index (χ1n) is 10.4. The molecular weight excluding hydrogens is 439 g/mol. The summed E-state index contributed by atoms with van der Waals surface area (Å²) in [6, 6.07) is 7.69. The van der Waals surface area contributed by atoms with Crippen molar-refractivity contribution in [3.8, 4) is 11.3 Å². The summed E-state index contributed by atoms with van der Waals surface area (Å²) in [4.78, 5) is 31.2. The van der Waals surface area contributed by atoms with E-state index in [0.717, 1.165) is 12.3 Å². The predicted molar refractivity (Wildman–Crippen MR) is 112 cm³/mol. The number of H-pyrrole nitrogens is 1. The lowest BCUT2D eigenvalue weighted by Crippen LogP contribution is -2.38. The number of anilines is 1. The first kappa shape index (κ1) is 21.4. The van der Waals surface area contributed by atoms with Crippen LogP contribution in [0.3, 0.4) is 0 Å². The van der Waals surface area contributed by atoms with Crippen LogP contribution < -0.4 is 4.90 Å². The van der Waals surface area contributed by atoms with Crippen LogP contribution in [0, 0.1) is 5.41 Å². The normalized spacial score (nSPS) is 21.5. The number of fused-ring (bicyclic) bond motifs is 1. The molecule has 0 radical (unpaired) electrons. The fraction of sp³-hybridized carbons (Fsp3) is 0.364. The fourth-order valence-electron chi connectivity index (χ4n) is 4.85. The Morgan fingerprint density at radius 1 is 1.18 bits per heavy atom. The van der Waals surface area contributed by atoms with E-state index < -0.39 is 23.3 Å². The summed E-state index contributed by atoms with van der Waals surface area (Å²) in [5.74, 6) is -0.972. The van der Waals surface area contributed by atoms with Crippen molar-refractivity contribution in [2.24, 2.45) is 5.41 Å². The Balaban J connectivity index is 1.46. The van der Waals surface area contributed by atoms with Gasteiger partial charge in [0.25, 0.3) is 0 Å². The van der Waals surface area contributed by atoms with Crippen LogP contribution in [0.5, 0.6) is 0 Å². The number of aliphatic carboxylic acids is 1. The zero-order valence-corrected chi connectivity index (χ0v) is 17.4. The van der Waals surface area contributed by atoms with E-state index in [2.05, 4.69) is 15.2 Å². The highest BCUT2D eigenvalue weighted by molar-refractivity contribution is 6.03. The number of pyridine rings is 1. The molecule has 33 heavy (non-hydrogen) atoms. The molecule has 2 N–H and O–H groups in total. The lowest BCUT2D eigenvalue weighted by Gasteiger charge is -2.23. The maximum Gasteiger partial charge on any atom is 0.433 e. The van der Waals surface area contributed by atoms with Crippen LogP contribution in [-0.2, 0) is 15.8 Å². The largest absolute Gasteiger partial charge is 0.480 e. The number of carboxylic acid groups (broad SMARTS) is 1. The van der Waals surface area contributed by atoms with E-state index in [0.29, 0.717) is 54.8 Å². The molecule has 2 aliphatic heterocycles. The predicted octanol–water partition coefficient (Wildman–Crippen LogP) is 3.16. The lowest BCUT2D eigenvalue weighted by atomic mass is 9.85. The molecule has 0 bridgehead atoms. The molecule has 172 valence electrons. The number of nitrogens with one attached hydrogen (secondary N) is 1. The van der Waals surface area contributed by atoms with E-state index in [4.69, 9.17) is 5.11 Å². The number of carboxylic acids is 1. The number of carbonyl (C=O) groups excluding carboxylic acids is 1. The van der Waals surface area contributed by atoms with Gasteiger partial charge in [-0.3, -0.25) is 24.6 Å². The van der Waals surface area contributed by atoms with Crippen molar-refractivity contribution in [2.75, 3.05) is 31.1 Å². The maximum atomic E-state index is 13.3. The van der Waals surface area contributed by atoms with Crippen molar-refractivity contribution in [1.82, 2.24) is 20.1 Å². The van der Waals surface area contributed by atoms with Gasteiger partial charge < -0.3 is 10.0 Å². The lowest BCUT2D eigenvalue weighted by molar-refractivity contribution is -0.141. The Bertz CT molecular complexity index is 1260. The van der Waals surface area contributed by atoms with E-state index in [1.807, 2.05) is 0 Å². The molecule has 0 saturated carbocycles. The molecule has 1 amide bonds. The molecular formula is C22H20F3N5O3. The third-order valence-corrected chi connectivity index (χ3v) is 6.49. The SMILES string of the molecule is O=C(O)CN1CCC2(CCN(c3ccc4[nH]nc(-c5ccnc(C(F)(F)F)c5)c4c3)C2=O)C1. The summed E-state index contributed by atoms with van der Waals surface area (Å²) in [6.07, 6.45) is -2.25. The molecule has 2 fully saturated rings. The number of halogens is 3. The van der Waals surface area contributed by atoms with Gasteiger partial charge in [0.05, 0.1) is 17.5 Å². The number of rotatable bonds is 4. The number of benzene rings is 1. The number of aromatic nitrogens is 3. The van der Waals surface area contributed by atoms with Crippen LogP contribution in [0.25, 0.3) is 22.2 Å². The first-order valence-corrected chi connectivity index (χ1v) is 10.4. The number of hydrogen-bond donors (Lipinski definition) is 2. The van der Waals surface area contributed by atoms with Gasteiger partial charge in [0.1, 0.15) is 11.4 Å². The zero-order chi connectivity index (χ0) is 23.4. The molecule has 3 aromatic rings. The van der Waals surface area contributed by atoms with Crippen molar-refractivity contribution in [1.29, 1.82) is 0 Å². The Morgan fingerprint density at radius 2 is 1.97 bits per heavy atom. The molecule has 1 unspecified atom stereocenters. The van der Waals surface area contributed by atoms with Crippen LogP contribution in [0.1, 0.15) is 18.5 Å². The summed E-state index contributed by atoms with van der Waals surface area (Å²) in [5, 5.41) is 16.7. The van der Waals surface area contributed by atoms with E-state index in [1.165, 1.54) is 6.07 Å². The van der Waals surface area contributed by atoms with Crippen molar-refractivity contribution in [2.45, 2.75) is 19.0 Å². The topological polar surface area (TPSA) is 102 Å². The second-order valence-electron chi connectivity index (χ2n) is 8.57. The van der Waals surface area contributed by atoms with Crippen molar-refractivity contribution >= 4 is 28.5 Å². The molecule has 8 nitrogen and oxygen atoms in total. The van der Waals surface area contributed by atoms with E-state index >= 15 is 0 Å². The van der Waals surface area contributed by atoms with Crippen LogP contribution >= 0.6 is 0 Å². The van der Waals surface area contributed by atoms with Crippen LogP contribution in [0.15, 0.2) is 36.5 Å². The Hall–Kier alpha value is -3.47. The third-order valence-electron chi connectivity index (χ3n) is 6.49. The first-order chi connectivity index (χ1) is 15.7. The Kier molecular flexibility index (Phi) is 4.89. The summed E-state index contributed by atoms with van der Waals surface area (Å²) < 4.78 is 39.3. The van der Waals surface area contributed by atoms with E-state index in [1.54, 1.807) is 28.0 Å². The van der Waals surface area contributed by atoms with Crippen LogP contribution in [0.2, 0.25) is 0 Å². The number of amides is 1. The monoisotopic (exact) mass is 459 g/mol. The number of carbonyl (C=O) groups is 2. The minimum absolute atomic E-state index is 0.0527. The molecule has 2 aromatic heterocycles. The molecule has 11 heteroatoms. The molecule has 1 aromatic carbocycles. The minimum Gasteiger partial charge on any atom is -0.480 e. The quantitative estimate of drug-likeness (QED) is 0.622. The molecule has 0 aliphatic carbocycles. The molecule has 2 aliphatic rings. The van der Waals surface area contributed by atoms with Gasteiger partial charge in [-0.05, 0) is 49.7 Å². The number of likely N-dealkylation sites (tertiary alicyclic amines) is 1. The molecule has 4 heterocycles. The van der Waals surface area contributed by atoms with Gasteiger partial charge >= 0.3 is 12.1 Å². The maximum absolute atomic E-state index is 13.3. The van der Waals surface area contributed by atoms with E-state index in [-0.39, 0.29) is 18.0 Å². The summed E-state index contributed by atoms with van der Waals surface area (Å²) >= 11 is 0. The van der Waals surface area contributed by atoms with Gasteiger partial charge in [-0.1, -0.05) is 0 Å². The number of nitrogens with zero attached hydrogens (tertiary/aromatic N) is 4. The summed E-state index contributed by atoms with van der Waals surface area (Å²) in [6.45, 7) is 1.36. The van der Waals surface area contributed by atoms with Gasteiger partial charge in [-0.2, -0.15) is 18.3 Å². The number of alkyl halides is 3. The number of hydrogen-bond acceptors (Lipinski definition) is 5. The fourth-order valence-corrected chi connectivity index (χ4v) is 4.85. The second-order valence-corrected chi connectivity index (χ2v) is 8.57. The van der Waals surface area contributed by atoms with Crippen LogP contribution in [-0.4, -0.2) is 63.2 Å². The highest BCUT2D eigenvalue weighted by atomic mass is 19.4. The highest BCUT2D eigenvalue weighted by Crippen LogP contribution is 2.43. The average molecular weight is 459 g/mol. The Labute approximate surface area is 186 Å².